The number of esters is 1. The fourth-order valence-electron chi connectivity index (χ4n) is 6.63. The summed E-state index contributed by atoms with van der Waals surface area (Å²) in [4.78, 5) is 21.9. The summed E-state index contributed by atoms with van der Waals surface area (Å²) in [6, 6.07) is 4.06. The SMILES string of the molecule is O=C(OC(CN1CCN(c2ccncc2)CC1)Cn1c(O)c2c(c1O)C1C=CC2C1)C1CCCCC1. The quantitative estimate of drug-likeness (QED) is 0.449. The Kier molecular flexibility index (Phi) is 6.37. The van der Waals surface area contributed by atoms with Crippen LogP contribution in [0, 0.1) is 5.92 Å². The van der Waals surface area contributed by atoms with Crippen molar-refractivity contribution in [2.24, 2.45) is 5.92 Å². The zero-order valence-electron chi connectivity index (χ0n) is 20.8. The van der Waals surface area contributed by atoms with Crippen LogP contribution in [0.2, 0.25) is 0 Å². The Morgan fingerprint density at radius 2 is 1.58 bits per heavy atom. The van der Waals surface area contributed by atoms with Gasteiger partial charge in [0.05, 0.1) is 12.5 Å². The number of aromatic hydroxyl groups is 2. The fraction of sp³-hybridized carbons (Fsp3) is 0.571. The van der Waals surface area contributed by atoms with E-state index in [2.05, 4.69) is 26.9 Å². The largest absolute Gasteiger partial charge is 0.494 e. The van der Waals surface area contributed by atoms with Crippen LogP contribution in [0.25, 0.3) is 0 Å². The van der Waals surface area contributed by atoms with Crippen molar-refractivity contribution in [2.45, 2.75) is 63.0 Å². The number of hydrogen-bond donors (Lipinski definition) is 2. The number of nitrogens with zero attached hydrogens (tertiary/aromatic N) is 4. The first-order chi connectivity index (χ1) is 17.6. The molecule has 1 aliphatic heterocycles. The topological polar surface area (TPSA) is 91.1 Å². The number of anilines is 1. The lowest BCUT2D eigenvalue weighted by atomic mass is 9.89. The average Bonchev–Trinajstić information content (AvgIpc) is 3.60. The Hall–Kier alpha value is -3.00. The Morgan fingerprint density at radius 3 is 2.22 bits per heavy atom. The number of piperazine rings is 1. The minimum absolute atomic E-state index is 0.0401. The van der Waals surface area contributed by atoms with E-state index < -0.39 is 6.10 Å². The molecule has 1 saturated carbocycles. The summed E-state index contributed by atoms with van der Waals surface area (Å²) in [7, 11) is 0. The van der Waals surface area contributed by atoms with Crippen molar-refractivity contribution in [3.8, 4) is 11.8 Å². The van der Waals surface area contributed by atoms with Crippen molar-refractivity contribution < 1.29 is 19.7 Å². The van der Waals surface area contributed by atoms with E-state index in [1.807, 2.05) is 24.5 Å². The van der Waals surface area contributed by atoms with Crippen molar-refractivity contribution in [3.05, 3.63) is 47.8 Å². The van der Waals surface area contributed by atoms with Gasteiger partial charge in [-0.2, -0.15) is 0 Å². The van der Waals surface area contributed by atoms with Gasteiger partial charge < -0.3 is 19.8 Å². The first-order valence-electron chi connectivity index (χ1n) is 13.5. The maximum atomic E-state index is 13.1. The number of carbonyl (C=O) groups is 1. The molecular weight excluding hydrogens is 456 g/mol. The van der Waals surface area contributed by atoms with Gasteiger partial charge in [0.2, 0.25) is 0 Å². The molecule has 2 fully saturated rings. The third-order valence-corrected chi connectivity index (χ3v) is 8.58. The third-order valence-electron chi connectivity index (χ3n) is 8.58. The molecule has 3 unspecified atom stereocenters. The number of fused-ring (bicyclic) bond motifs is 5. The Bertz CT molecular complexity index is 1080. The van der Waals surface area contributed by atoms with Crippen LogP contribution in [-0.2, 0) is 16.1 Å². The molecule has 1 saturated heterocycles. The highest BCUT2D eigenvalue weighted by molar-refractivity contribution is 5.72. The second-order valence-corrected chi connectivity index (χ2v) is 10.8. The normalized spacial score (nSPS) is 24.7. The monoisotopic (exact) mass is 492 g/mol. The molecule has 192 valence electrons. The average molecular weight is 493 g/mol. The van der Waals surface area contributed by atoms with E-state index >= 15 is 0 Å². The van der Waals surface area contributed by atoms with Crippen molar-refractivity contribution in [2.75, 3.05) is 37.6 Å². The molecule has 3 atom stereocenters. The van der Waals surface area contributed by atoms with Gasteiger partial charge in [-0.25, -0.2) is 0 Å². The summed E-state index contributed by atoms with van der Waals surface area (Å²) >= 11 is 0. The van der Waals surface area contributed by atoms with Crippen LogP contribution in [0.5, 0.6) is 11.8 Å². The van der Waals surface area contributed by atoms with Gasteiger partial charge >= 0.3 is 5.97 Å². The van der Waals surface area contributed by atoms with Gasteiger partial charge in [0.1, 0.15) is 6.10 Å². The molecule has 3 heterocycles. The summed E-state index contributed by atoms with van der Waals surface area (Å²) < 4.78 is 7.70. The van der Waals surface area contributed by atoms with E-state index in [9.17, 15) is 15.0 Å². The lowest BCUT2D eigenvalue weighted by molar-refractivity contribution is -0.157. The molecule has 0 radical (unpaired) electrons. The number of ether oxygens (including phenoxy) is 1. The van der Waals surface area contributed by atoms with E-state index in [0.717, 1.165) is 69.4 Å². The van der Waals surface area contributed by atoms with Gasteiger partial charge in [0.15, 0.2) is 11.8 Å². The summed E-state index contributed by atoms with van der Waals surface area (Å²) in [5, 5.41) is 22.1. The molecule has 8 nitrogen and oxygen atoms in total. The maximum absolute atomic E-state index is 13.1. The molecule has 0 aromatic carbocycles. The van der Waals surface area contributed by atoms with Crippen LogP contribution in [0.15, 0.2) is 36.7 Å². The maximum Gasteiger partial charge on any atom is 0.309 e. The van der Waals surface area contributed by atoms with Crippen LogP contribution in [0.4, 0.5) is 5.69 Å². The first kappa shape index (κ1) is 23.4. The molecule has 3 aliphatic carbocycles. The molecule has 2 bridgehead atoms. The fourth-order valence-corrected chi connectivity index (χ4v) is 6.63. The predicted octanol–water partition coefficient (Wildman–Crippen LogP) is 3.75. The molecule has 6 rings (SSSR count). The Labute approximate surface area is 212 Å². The van der Waals surface area contributed by atoms with E-state index in [0.29, 0.717) is 6.54 Å². The second kappa shape index (κ2) is 9.81. The zero-order valence-corrected chi connectivity index (χ0v) is 20.8. The van der Waals surface area contributed by atoms with Crippen molar-refractivity contribution in [1.29, 1.82) is 0 Å². The minimum atomic E-state index is -0.443. The predicted molar refractivity (Wildman–Crippen MR) is 136 cm³/mol. The van der Waals surface area contributed by atoms with Crippen LogP contribution < -0.4 is 4.90 Å². The smallest absolute Gasteiger partial charge is 0.309 e. The van der Waals surface area contributed by atoms with Crippen molar-refractivity contribution in [3.63, 3.8) is 0 Å². The van der Waals surface area contributed by atoms with Crippen molar-refractivity contribution in [1.82, 2.24) is 14.5 Å². The van der Waals surface area contributed by atoms with E-state index in [1.54, 1.807) is 4.57 Å². The molecule has 36 heavy (non-hydrogen) atoms. The molecule has 2 N–H and O–H groups in total. The molecule has 2 aromatic rings. The number of carbonyl (C=O) groups excluding carboxylic acids is 1. The van der Waals surface area contributed by atoms with Crippen LogP contribution in [0.3, 0.4) is 0 Å². The van der Waals surface area contributed by atoms with Gasteiger partial charge in [0, 0.05) is 73.8 Å². The highest BCUT2D eigenvalue weighted by Crippen LogP contribution is 2.56. The minimum Gasteiger partial charge on any atom is -0.494 e. The highest BCUT2D eigenvalue weighted by atomic mass is 16.5. The van der Waals surface area contributed by atoms with Gasteiger partial charge in [-0.1, -0.05) is 31.4 Å². The second-order valence-electron chi connectivity index (χ2n) is 10.8. The number of pyridine rings is 1. The molecular formula is C28H36N4O4. The van der Waals surface area contributed by atoms with Gasteiger partial charge in [-0.05, 0) is 31.4 Å². The number of aromatic nitrogens is 2. The lowest BCUT2D eigenvalue weighted by Crippen LogP contribution is -2.50. The molecule has 8 heteroatoms. The van der Waals surface area contributed by atoms with Gasteiger partial charge in [-0.3, -0.25) is 19.2 Å². The van der Waals surface area contributed by atoms with E-state index in [1.165, 1.54) is 12.1 Å². The van der Waals surface area contributed by atoms with Crippen molar-refractivity contribution >= 4 is 11.7 Å². The highest BCUT2D eigenvalue weighted by Gasteiger charge is 2.41. The number of hydrogen-bond acceptors (Lipinski definition) is 7. The van der Waals surface area contributed by atoms with Crippen LogP contribution in [-0.4, -0.2) is 69.5 Å². The van der Waals surface area contributed by atoms with Crippen LogP contribution >= 0.6 is 0 Å². The standard InChI is InChI=1S/C28H36N4O4/c33-26-24-20-6-7-21(16-20)25(24)27(34)32(26)18-23(36-28(35)19-4-2-1-3-5-19)17-30-12-14-31(15-13-30)22-8-10-29-11-9-22/h6-11,19-21,23,33-34H,1-5,12-18H2. The number of rotatable bonds is 7. The summed E-state index contributed by atoms with van der Waals surface area (Å²) in [5.41, 5.74) is 2.87. The Balaban J connectivity index is 1.17. The van der Waals surface area contributed by atoms with Crippen LogP contribution in [0.1, 0.15) is 61.5 Å². The zero-order chi connectivity index (χ0) is 24.6. The molecule has 0 amide bonds. The summed E-state index contributed by atoms with van der Waals surface area (Å²) in [5.74, 6) is 0.418. The molecule has 0 spiro atoms. The lowest BCUT2D eigenvalue weighted by Gasteiger charge is -2.37. The number of allylic oxidation sites excluding steroid dienone is 2. The summed E-state index contributed by atoms with van der Waals surface area (Å²) in [6.07, 6.45) is 13.5. The molecule has 4 aliphatic rings. The van der Waals surface area contributed by atoms with E-state index in [-0.39, 0.29) is 42.0 Å². The summed E-state index contributed by atoms with van der Waals surface area (Å²) in [6.45, 7) is 4.32. The molecule has 2 aromatic heterocycles. The Morgan fingerprint density at radius 1 is 0.944 bits per heavy atom. The van der Waals surface area contributed by atoms with Gasteiger partial charge in [0.25, 0.3) is 0 Å². The van der Waals surface area contributed by atoms with Gasteiger partial charge in [-0.15, -0.1) is 0 Å². The van der Waals surface area contributed by atoms with E-state index in [4.69, 9.17) is 4.74 Å². The first-order valence-corrected chi connectivity index (χ1v) is 13.5. The third kappa shape index (κ3) is 4.36.